The van der Waals surface area contributed by atoms with Gasteiger partial charge in [0, 0.05) is 30.9 Å². The Labute approximate surface area is 205 Å². The van der Waals surface area contributed by atoms with Crippen LogP contribution >= 0.6 is 11.6 Å². The van der Waals surface area contributed by atoms with Crippen molar-refractivity contribution in [3.63, 3.8) is 0 Å². The Morgan fingerprint density at radius 3 is 2.74 bits per heavy atom. The molecule has 5 aromatic rings. The number of H-pyrrole nitrogens is 1. The van der Waals surface area contributed by atoms with Crippen molar-refractivity contribution in [1.82, 2.24) is 34.6 Å². The Bertz CT molecular complexity index is 1570. The summed E-state index contributed by atoms with van der Waals surface area (Å²) < 4.78 is 13.4. The molecule has 1 N–H and O–H groups in total. The van der Waals surface area contributed by atoms with Crippen molar-refractivity contribution in [2.45, 2.75) is 19.0 Å². The highest BCUT2D eigenvalue weighted by atomic mass is 35.5. The Hall–Kier alpha value is -3.53. The number of rotatable bonds is 5. The van der Waals surface area contributed by atoms with Gasteiger partial charge in [-0.3, -0.25) is 14.6 Å². The fraction of sp³-hybridized carbons (Fsp3) is 0.280. The number of nitrogens with one attached hydrogen (secondary N) is 1. The van der Waals surface area contributed by atoms with Gasteiger partial charge in [-0.2, -0.15) is 5.10 Å². The zero-order valence-electron chi connectivity index (χ0n) is 19.0. The third-order valence-electron chi connectivity index (χ3n) is 6.72. The van der Waals surface area contributed by atoms with Crippen molar-refractivity contribution >= 4 is 33.7 Å². The third kappa shape index (κ3) is 3.63. The normalized spacial score (nSPS) is 17.1. The van der Waals surface area contributed by atoms with Crippen LogP contribution in [0.3, 0.4) is 0 Å². The maximum absolute atomic E-state index is 6.74. The van der Waals surface area contributed by atoms with Gasteiger partial charge in [0.1, 0.15) is 27.9 Å². The molecule has 2 fully saturated rings. The number of hydrogen-bond acceptors (Lipinski definition) is 7. The number of ether oxygens (including phenoxy) is 2. The molecule has 0 aliphatic carbocycles. The van der Waals surface area contributed by atoms with E-state index in [2.05, 4.69) is 25.0 Å². The summed E-state index contributed by atoms with van der Waals surface area (Å²) >= 11 is 6.74. The maximum atomic E-state index is 6.74. The second-order valence-electron chi connectivity index (χ2n) is 9.11. The quantitative estimate of drug-likeness (QED) is 0.393. The first-order valence-corrected chi connectivity index (χ1v) is 11.9. The average Bonchev–Trinajstić information content (AvgIpc) is 3.42. The van der Waals surface area contributed by atoms with Crippen molar-refractivity contribution in [1.29, 1.82) is 0 Å². The lowest BCUT2D eigenvalue weighted by Gasteiger charge is -2.47. The van der Waals surface area contributed by atoms with Gasteiger partial charge in [0.2, 0.25) is 0 Å². The molecular weight excluding hydrogens is 466 g/mol. The van der Waals surface area contributed by atoms with Gasteiger partial charge in [0.05, 0.1) is 59.9 Å². The van der Waals surface area contributed by atoms with E-state index in [-0.39, 0.29) is 0 Å². The summed E-state index contributed by atoms with van der Waals surface area (Å²) in [6.07, 6.45) is 5.62. The first kappa shape index (κ1) is 20.8. The summed E-state index contributed by atoms with van der Waals surface area (Å²) in [6, 6.07) is 10.3. The van der Waals surface area contributed by atoms with Gasteiger partial charge >= 0.3 is 0 Å². The van der Waals surface area contributed by atoms with Crippen LogP contribution in [-0.2, 0) is 4.74 Å². The van der Waals surface area contributed by atoms with E-state index < -0.39 is 0 Å². The first-order valence-electron chi connectivity index (χ1n) is 11.6. The number of imidazole rings is 1. The molecule has 0 saturated carbocycles. The molecule has 2 aliphatic heterocycles. The number of fused-ring (bicyclic) bond motifs is 2. The van der Waals surface area contributed by atoms with Gasteiger partial charge in [-0.25, -0.2) is 9.97 Å². The van der Waals surface area contributed by atoms with Crippen LogP contribution in [0.1, 0.15) is 11.9 Å². The largest absolute Gasteiger partial charge is 0.456 e. The Kier molecular flexibility index (Phi) is 4.76. The third-order valence-corrected chi connectivity index (χ3v) is 7.08. The van der Waals surface area contributed by atoms with Crippen LogP contribution in [0.2, 0.25) is 5.02 Å². The Balaban J connectivity index is 1.15. The van der Waals surface area contributed by atoms with Crippen LogP contribution in [0.5, 0.6) is 11.5 Å². The van der Waals surface area contributed by atoms with Gasteiger partial charge in [-0.1, -0.05) is 11.6 Å². The fourth-order valence-electron chi connectivity index (χ4n) is 4.61. The van der Waals surface area contributed by atoms with E-state index in [9.17, 15) is 0 Å². The van der Waals surface area contributed by atoms with Crippen molar-refractivity contribution in [2.75, 3.05) is 26.3 Å². The molecule has 0 atom stereocenters. The zero-order chi connectivity index (χ0) is 23.5. The second-order valence-corrected chi connectivity index (χ2v) is 9.49. The summed E-state index contributed by atoms with van der Waals surface area (Å²) in [5.74, 6) is 2.04. The molecule has 0 spiro atoms. The highest BCUT2D eigenvalue weighted by Crippen LogP contribution is 2.36. The number of benzene rings is 2. The molecule has 3 aromatic heterocycles. The lowest BCUT2D eigenvalue weighted by molar-refractivity contribution is -0.0997. The molecule has 2 aromatic carbocycles. The highest BCUT2D eigenvalue weighted by Gasteiger charge is 2.37. The molecule has 176 valence electrons. The number of aromatic amines is 1. The number of halogens is 1. The zero-order valence-corrected chi connectivity index (χ0v) is 19.7. The standard InChI is InChI=1S/C25H22ClN7O2/c1-14-29-19-3-2-18(6-21(19)30-14)35-23-5-4-20-25(24(23)26)31-22(8-27-20)15-7-28-33(9-15)16-10-32(11-16)17-12-34-13-17/h2-9,16-17H,10-13H2,1H3,(H,29,30). The van der Waals surface area contributed by atoms with Crippen molar-refractivity contribution in [3.8, 4) is 22.8 Å². The number of nitrogens with zero attached hydrogens (tertiary/aromatic N) is 6. The first-order chi connectivity index (χ1) is 17.1. The van der Waals surface area contributed by atoms with Gasteiger partial charge < -0.3 is 14.5 Å². The van der Waals surface area contributed by atoms with Crippen molar-refractivity contribution in [3.05, 3.63) is 59.8 Å². The summed E-state index contributed by atoms with van der Waals surface area (Å²) in [5, 5.41) is 5.00. The maximum Gasteiger partial charge on any atom is 0.148 e. The SMILES string of the molecule is Cc1nc2ccc(Oc3ccc4ncc(-c5cnn(C6CN(C7COC7)C6)c5)nc4c3Cl)cc2[nH]1. The van der Waals surface area contributed by atoms with Crippen LogP contribution in [0.15, 0.2) is 48.9 Å². The molecular formula is C25H22ClN7O2. The lowest BCUT2D eigenvalue weighted by atomic mass is 10.0. The smallest absolute Gasteiger partial charge is 0.148 e. The van der Waals surface area contributed by atoms with Gasteiger partial charge in [0.25, 0.3) is 0 Å². The number of aromatic nitrogens is 6. The summed E-state index contributed by atoms with van der Waals surface area (Å²) in [4.78, 5) is 19.5. The predicted molar refractivity (Wildman–Crippen MR) is 132 cm³/mol. The van der Waals surface area contributed by atoms with Crippen LogP contribution in [0.25, 0.3) is 33.3 Å². The number of likely N-dealkylation sites (tertiary alicyclic amines) is 1. The molecule has 9 nitrogen and oxygen atoms in total. The molecule has 0 bridgehead atoms. The highest BCUT2D eigenvalue weighted by molar-refractivity contribution is 6.36. The lowest BCUT2D eigenvalue weighted by Crippen LogP contribution is -2.59. The van der Waals surface area contributed by atoms with Gasteiger partial charge in [0.15, 0.2) is 0 Å². The Morgan fingerprint density at radius 2 is 1.91 bits per heavy atom. The van der Waals surface area contributed by atoms with Crippen LogP contribution in [0.4, 0.5) is 0 Å². The van der Waals surface area contributed by atoms with E-state index in [4.69, 9.17) is 26.1 Å². The van der Waals surface area contributed by atoms with E-state index in [1.165, 1.54) is 0 Å². The molecule has 0 radical (unpaired) electrons. The van der Waals surface area contributed by atoms with E-state index in [0.717, 1.165) is 54.4 Å². The minimum Gasteiger partial charge on any atom is -0.456 e. The van der Waals surface area contributed by atoms with Crippen LogP contribution < -0.4 is 4.74 Å². The molecule has 10 heteroatoms. The van der Waals surface area contributed by atoms with E-state index in [1.54, 1.807) is 6.20 Å². The second kappa shape index (κ2) is 8.01. The van der Waals surface area contributed by atoms with Crippen LogP contribution in [-0.4, -0.2) is 67.0 Å². The van der Waals surface area contributed by atoms with Gasteiger partial charge in [-0.15, -0.1) is 0 Å². The molecule has 0 amide bonds. The average molecular weight is 488 g/mol. The van der Waals surface area contributed by atoms with E-state index in [0.29, 0.717) is 39.6 Å². The Morgan fingerprint density at radius 1 is 1.06 bits per heavy atom. The molecule has 5 heterocycles. The molecule has 7 rings (SSSR count). The fourth-order valence-corrected chi connectivity index (χ4v) is 4.85. The molecule has 2 aliphatic rings. The van der Waals surface area contributed by atoms with Crippen molar-refractivity contribution in [2.24, 2.45) is 0 Å². The monoisotopic (exact) mass is 487 g/mol. The molecule has 0 unspecified atom stereocenters. The summed E-state index contributed by atoms with van der Waals surface area (Å²) in [6.45, 7) is 5.59. The molecule has 35 heavy (non-hydrogen) atoms. The number of hydrogen-bond donors (Lipinski definition) is 1. The van der Waals surface area contributed by atoms with Gasteiger partial charge in [-0.05, 0) is 31.2 Å². The van der Waals surface area contributed by atoms with E-state index in [1.807, 2.05) is 54.3 Å². The van der Waals surface area contributed by atoms with Crippen molar-refractivity contribution < 1.29 is 9.47 Å². The molecule has 2 saturated heterocycles. The predicted octanol–water partition coefficient (Wildman–Crippen LogP) is 4.38. The minimum atomic E-state index is 0.373. The summed E-state index contributed by atoms with van der Waals surface area (Å²) in [7, 11) is 0. The number of aryl methyl sites for hydroxylation is 1. The topological polar surface area (TPSA) is 94.0 Å². The van der Waals surface area contributed by atoms with Crippen LogP contribution in [0, 0.1) is 6.92 Å². The van der Waals surface area contributed by atoms with E-state index >= 15 is 0 Å². The summed E-state index contributed by atoms with van der Waals surface area (Å²) in [5.41, 5.74) is 4.73. The minimum absolute atomic E-state index is 0.373.